The summed E-state index contributed by atoms with van der Waals surface area (Å²) in [5, 5.41) is 14.0. The van der Waals surface area contributed by atoms with Gasteiger partial charge in [0.25, 0.3) is 11.8 Å². The molecule has 9 heteroatoms. The van der Waals surface area contributed by atoms with Crippen molar-refractivity contribution < 1.29 is 18.7 Å². The smallest absolute Gasteiger partial charge is 0.267 e. The van der Waals surface area contributed by atoms with Crippen LogP contribution in [0.15, 0.2) is 0 Å². The zero-order valence-electron chi connectivity index (χ0n) is 12.2. The van der Waals surface area contributed by atoms with Gasteiger partial charge in [-0.25, -0.2) is 8.78 Å². The standard InChI is InChI=1S/C13H18F2N4O2S/c1-8-11(22-17-16-8)12(21)19-6-9(10(20)7-19)18-4-2-13(14,15)3-5-18/h9-10,20H,2-7H2,1H3/t9-,10-/m0/s1. The first-order valence-corrected chi connectivity index (χ1v) is 8.03. The van der Waals surface area contributed by atoms with Gasteiger partial charge in [0.1, 0.15) is 4.88 Å². The lowest BCUT2D eigenvalue weighted by atomic mass is 10.0. The van der Waals surface area contributed by atoms with Crippen molar-refractivity contribution in [1.29, 1.82) is 0 Å². The van der Waals surface area contributed by atoms with Crippen LogP contribution in [0.5, 0.6) is 0 Å². The summed E-state index contributed by atoms with van der Waals surface area (Å²) >= 11 is 1.04. The summed E-state index contributed by atoms with van der Waals surface area (Å²) < 4.78 is 30.2. The van der Waals surface area contributed by atoms with E-state index in [1.807, 2.05) is 4.90 Å². The predicted octanol–water partition coefficient (Wildman–Crippen LogP) is 0.763. The number of hydrogen-bond donors (Lipinski definition) is 1. The van der Waals surface area contributed by atoms with Gasteiger partial charge in [-0.2, -0.15) is 0 Å². The highest BCUT2D eigenvalue weighted by Crippen LogP contribution is 2.30. The van der Waals surface area contributed by atoms with Crippen LogP contribution in [0.2, 0.25) is 0 Å². The zero-order valence-corrected chi connectivity index (χ0v) is 13.0. The number of alkyl halides is 2. The predicted molar refractivity (Wildman–Crippen MR) is 76.1 cm³/mol. The number of rotatable bonds is 2. The number of aliphatic hydroxyl groups excluding tert-OH is 1. The molecule has 2 saturated heterocycles. The molecule has 1 N–H and O–H groups in total. The fourth-order valence-electron chi connectivity index (χ4n) is 3.05. The molecule has 6 nitrogen and oxygen atoms in total. The van der Waals surface area contributed by atoms with Crippen LogP contribution in [0.25, 0.3) is 0 Å². The molecule has 0 aliphatic carbocycles. The molecule has 2 atom stereocenters. The van der Waals surface area contributed by atoms with E-state index in [9.17, 15) is 18.7 Å². The fraction of sp³-hybridized carbons (Fsp3) is 0.769. The lowest BCUT2D eigenvalue weighted by Crippen LogP contribution is -2.49. The van der Waals surface area contributed by atoms with Crippen LogP contribution in [0.3, 0.4) is 0 Å². The number of aryl methyl sites for hydroxylation is 1. The summed E-state index contributed by atoms with van der Waals surface area (Å²) in [7, 11) is 0. The number of aromatic nitrogens is 2. The van der Waals surface area contributed by atoms with Gasteiger partial charge in [-0.15, -0.1) is 5.10 Å². The summed E-state index contributed by atoms with van der Waals surface area (Å²) in [6.45, 7) is 2.78. The van der Waals surface area contributed by atoms with E-state index in [0.29, 0.717) is 17.1 Å². The zero-order chi connectivity index (χ0) is 15.9. The Morgan fingerprint density at radius 3 is 2.64 bits per heavy atom. The third-order valence-electron chi connectivity index (χ3n) is 4.39. The number of likely N-dealkylation sites (tertiary alicyclic amines) is 2. The molecule has 2 fully saturated rings. The first kappa shape index (κ1) is 15.7. The van der Waals surface area contributed by atoms with Crippen molar-refractivity contribution in [3.05, 3.63) is 10.6 Å². The van der Waals surface area contributed by atoms with Gasteiger partial charge in [0.2, 0.25) is 0 Å². The summed E-state index contributed by atoms with van der Waals surface area (Å²) in [6, 6.07) is -0.277. The van der Waals surface area contributed by atoms with Gasteiger partial charge < -0.3 is 10.0 Å². The van der Waals surface area contributed by atoms with Crippen LogP contribution in [0.1, 0.15) is 28.2 Å². The minimum Gasteiger partial charge on any atom is -0.390 e. The molecule has 1 aromatic rings. The molecule has 0 unspecified atom stereocenters. The molecule has 122 valence electrons. The van der Waals surface area contributed by atoms with Gasteiger partial charge >= 0.3 is 0 Å². The largest absolute Gasteiger partial charge is 0.390 e. The molecular weight excluding hydrogens is 314 g/mol. The number of carbonyl (C=O) groups excluding carboxylic acids is 1. The SMILES string of the molecule is Cc1nnsc1C(=O)N1C[C@H](O)[C@@H](N2CCC(F)(F)CC2)C1. The highest BCUT2D eigenvalue weighted by molar-refractivity contribution is 7.07. The van der Waals surface area contributed by atoms with Gasteiger partial charge in [-0.1, -0.05) is 4.49 Å². The number of amides is 1. The molecule has 2 aliphatic rings. The number of β-amino-alcohol motifs (C(OH)–C–C–N with tert-alkyl or cyclic N) is 1. The Balaban J connectivity index is 1.65. The molecule has 0 radical (unpaired) electrons. The van der Waals surface area contributed by atoms with Crippen LogP contribution >= 0.6 is 11.5 Å². The second kappa shape index (κ2) is 5.78. The van der Waals surface area contributed by atoms with E-state index in [1.165, 1.54) is 0 Å². The Hall–Kier alpha value is -1.19. The maximum atomic E-state index is 13.2. The topological polar surface area (TPSA) is 69.6 Å². The van der Waals surface area contributed by atoms with Gasteiger partial charge in [0, 0.05) is 39.0 Å². The van der Waals surface area contributed by atoms with E-state index in [1.54, 1.807) is 11.8 Å². The van der Waals surface area contributed by atoms with E-state index in [-0.39, 0.29) is 44.4 Å². The minimum absolute atomic E-state index is 0.192. The van der Waals surface area contributed by atoms with Crippen LogP contribution < -0.4 is 0 Å². The molecule has 3 heterocycles. The summed E-state index contributed by atoms with van der Waals surface area (Å²) in [4.78, 5) is 16.3. The molecular formula is C13H18F2N4O2S. The van der Waals surface area contributed by atoms with E-state index in [0.717, 1.165) is 11.5 Å². The summed E-state index contributed by atoms with van der Waals surface area (Å²) in [6.07, 6.45) is -1.10. The van der Waals surface area contributed by atoms with Crippen molar-refractivity contribution in [2.24, 2.45) is 0 Å². The molecule has 2 aliphatic heterocycles. The Labute approximate surface area is 130 Å². The van der Waals surface area contributed by atoms with Crippen molar-refractivity contribution >= 4 is 17.4 Å². The van der Waals surface area contributed by atoms with E-state index >= 15 is 0 Å². The van der Waals surface area contributed by atoms with Gasteiger partial charge in [-0.05, 0) is 18.5 Å². The lowest BCUT2D eigenvalue weighted by molar-refractivity contribution is -0.0697. The number of carbonyl (C=O) groups is 1. The number of nitrogens with zero attached hydrogens (tertiary/aromatic N) is 4. The number of piperidine rings is 1. The van der Waals surface area contributed by atoms with Crippen molar-refractivity contribution in [2.45, 2.75) is 37.8 Å². The van der Waals surface area contributed by atoms with Crippen LogP contribution in [0.4, 0.5) is 8.78 Å². The Morgan fingerprint density at radius 1 is 1.36 bits per heavy atom. The van der Waals surface area contributed by atoms with Crippen molar-refractivity contribution in [1.82, 2.24) is 19.4 Å². The van der Waals surface area contributed by atoms with Crippen molar-refractivity contribution in [2.75, 3.05) is 26.2 Å². The number of halogens is 2. The second-order valence-electron chi connectivity index (χ2n) is 5.92. The van der Waals surface area contributed by atoms with Gasteiger partial charge in [-0.3, -0.25) is 9.69 Å². The minimum atomic E-state index is -2.61. The molecule has 0 saturated carbocycles. The maximum absolute atomic E-state index is 13.2. The number of aliphatic hydroxyl groups is 1. The average Bonchev–Trinajstić information content (AvgIpc) is 3.05. The van der Waals surface area contributed by atoms with E-state index < -0.39 is 12.0 Å². The fourth-order valence-corrected chi connectivity index (χ4v) is 3.67. The van der Waals surface area contributed by atoms with Crippen molar-refractivity contribution in [3.63, 3.8) is 0 Å². The van der Waals surface area contributed by atoms with Gasteiger partial charge in [0.05, 0.1) is 17.8 Å². The van der Waals surface area contributed by atoms with Crippen molar-refractivity contribution in [3.8, 4) is 0 Å². The lowest BCUT2D eigenvalue weighted by Gasteiger charge is -2.36. The monoisotopic (exact) mass is 332 g/mol. The molecule has 0 aromatic carbocycles. The van der Waals surface area contributed by atoms with Crippen LogP contribution in [0, 0.1) is 6.92 Å². The third-order valence-corrected chi connectivity index (χ3v) is 5.21. The first-order chi connectivity index (χ1) is 10.4. The molecule has 0 bridgehead atoms. The first-order valence-electron chi connectivity index (χ1n) is 7.25. The highest BCUT2D eigenvalue weighted by Gasteiger charge is 2.42. The second-order valence-corrected chi connectivity index (χ2v) is 6.68. The average molecular weight is 332 g/mol. The van der Waals surface area contributed by atoms with Gasteiger partial charge in [0.15, 0.2) is 0 Å². The Morgan fingerprint density at radius 2 is 2.05 bits per heavy atom. The number of hydrogen-bond acceptors (Lipinski definition) is 6. The molecule has 1 amide bonds. The normalized spacial score (nSPS) is 29.0. The van der Waals surface area contributed by atoms with Crippen LogP contribution in [-0.2, 0) is 0 Å². The maximum Gasteiger partial charge on any atom is 0.267 e. The molecule has 1 aromatic heterocycles. The Bertz CT molecular complexity index is 558. The van der Waals surface area contributed by atoms with Crippen LogP contribution in [-0.4, -0.2) is 74.6 Å². The quantitative estimate of drug-likeness (QED) is 0.866. The summed E-state index contributed by atoms with van der Waals surface area (Å²) in [5.41, 5.74) is 0.575. The molecule has 0 spiro atoms. The molecule has 22 heavy (non-hydrogen) atoms. The highest BCUT2D eigenvalue weighted by atomic mass is 32.1. The summed E-state index contributed by atoms with van der Waals surface area (Å²) in [5.74, 6) is -2.81. The molecule has 3 rings (SSSR count). The Kier molecular flexibility index (Phi) is 4.13. The third kappa shape index (κ3) is 2.97. The van der Waals surface area contributed by atoms with E-state index in [4.69, 9.17) is 0 Å². The van der Waals surface area contributed by atoms with E-state index in [2.05, 4.69) is 9.59 Å².